The van der Waals surface area contributed by atoms with Gasteiger partial charge in [-0.1, -0.05) is 26.0 Å². The number of carbonyl (C=O) groups excluding carboxylic acids is 1. The Morgan fingerprint density at radius 3 is 2.22 bits per heavy atom. The van der Waals surface area contributed by atoms with Gasteiger partial charge in [0.05, 0.1) is 10.6 Å². The summed E-state index contributed by atoms with van der Waals surface area (Å²) in [5, 5.41) is 2.48. The lowest BCUT2D eigenvalue weighted by Crippen LogP contribution is -2.30. The molecule has 0 saturated carbocycles. The fourth-order valence-electron chi connectivity index (χ4n) is 2.45. The van der Waals surface area contributed by atoms with Gasteiger partial charge in [0.1, 0.15) is 5.75 Å². The lowest BCUT2D eigenvalue weighted by molar-refractivity contribution is -0.0493. The zero-order valence-electron chi connectivity index (χ0n) is 14.9. The maximum Gasteiger partial charge on any atom is 0.387 e. The molecule has 0 radical (unpaired) electrons. The average Bonchev–Trinajstić information content (AvgIpc) is 2.64. The normalized spacial score (nSPS) is 11.6. The number of benzene rings is 2. The Bertz CT molecular complexity index is 882. The first kappa shape index (κ1) is 20.8. The van der Waals surface area contributed by atoms with Gasteiger partial charge in [0, 0.05) is 18.7 Å². The molecule has 0 aliphatic carbocycles. The van der Waals surface area contributed by atoms with Gasteiger partial charge in [0.15, 0.2) is 0 Å². The van der Waals surface area contributed by atoms with E-state index in [4.69, 9.17) is 0 Å². The summed E-state index contributed by atoms with van der Waals surface area (Å²) in [6.45, 7) is 1.13. The molecule has 0 aromatic heterocycles. The molecule has 2 aromatic carbocycles. The topological polar surface area (TPSA) is 75.7 Å². The van der Waals surface area contributed by atoms with Crippen LogP contribution in [-0.4, -0.2) is 38.3 Å². The Morgan fingerprint density at radius 1 is 1.07 bits per heavy atom. The van der Waals surface area contributed by atoms with Crippen LogP contribution in [0.3, 0.4) is 0 Å². The number of para-hydroxylation sites is 2. The van der Waals surface area contributed by atoms with Gasteiger partial charge in [-0.05, 0) is 36.4 Å². The highest BCUT2D eigenvalue weighted by molar-refractivity contribution is 7.89. The van der Waals surface area contributed by atoms with Crippen LogP contribution in [0.5, 0.6) is 5.75 Å². The summed E-state index contributed by atoms with van der Waals surface area (Å²) in [5.74, 6) is -0.742. The van der Waals surface area contributed by atoms with Gasteiger partial charge >= 0.3 is 6.61 Å². The third-order valence-electron chi connectivity index (χ3n) is 3.81. The number of anilines is 1. The van der Waals surface area contributed by atoms with E-state index in [-0.39, 0.29) is 21.9 Å². The van der Waals surface area contributed by atoms with Crippen molar-refractivity contribution >= 4 is 21.6 Å². The minimum Gasteiger partial charge on any atom is -0.433 e. The maximum atomic E-state index is 12.5. The van der Waals surface area contributed by atoms with Crippen molar-refractivity contribution in [1.29, 1.82) is 0 Å². The van der Waals surface area contributed by atoms with E-state index in [1.165, 1.54) is 46.8 Å². The summed E-state index contributed by atoms with van der Waals surface area (Å²) in [6.07, 6.45) is 0. The summed E-state index contributed by atoms with van der Waals surface area (Å²) < 4.78 is 55.5. The first-order valence-corrected chi connectivity index (χ1v) is 9.69. The number of nitrogens with one attached hydrogen (secondary N) is 1. The lowest BCUT2D eigenvalue weighted by Gasteiger charge is -2.18. The van der Waals surface area contributed by atoms with Crippen LogP contribution in [0.4, 0.5) is 14.5 Å². The summed E-state index contributed by atoms with van der Waals surface area (Å²) >= 11 is 0. The summed E-state index contributed by atoms with van der Waals surface area (Å²) in [5.41, 5.74) is 0.267. The van der Waals surface area contributed by atoms with Gasteiger partial charge in [-0.25, -0.2) is 8.42 Å². The summed E-state index contributed by atoms with van der Waals surface area (Å²) in [6, 6.07) is 11.2. The highest BCUT2D eigenvalue weighted by Gasteiger charge is 2.22. The zero-order chi connectivity index (χ0) is 20.0. The minimum absolute atomic E-state index is 0.0733. The maximum absolute atomic E-state index is 12.5. The molecule has 27 heavy (non-hydrogen) atoms. The van der Waals surface area contributed by atoms with E-state index >= 15 is 0 Å². The van der Waals surface area contributed by atoms with Crippen molar-refractivity contribution < 1.29 is 26.7 Å². The molecule has 6 nitrogen and oxygen atoms in total. The van der Waals surface area contributed by atoms with Crippen LogP contribution >= 0.6 is 0 Å². The molecule has 0 unspecified atom stereocenters. The number of halogens is 2. The first-order valence-electron chi connectivity index (χ1n) is 8.25. The van der Waals surface area contributed by atoms with E-state index in [1.807, 2.05) is 0 Å². The molecule has 0 aliphatic heterocycles. The van der Waals surface area contributed by atoms with Gasteiger partial charge in [0.25, 0.3) is 5.91 Å². The average molecular weight is 398 g/mol. The molecular formula is C18H20F2N2O4S. The predicted molar refractivity (Wildman–Crippen MR) is 97.6 cm³/mol. The molecule has 0 atom stereocenters. The molecule has 2 aromatic rings. The summed E-state index contributed by atoms with van der Waals surface area (Å²) in [7, 11) is -3.62. The Kier molecular flexibility index (Phi) is 6.86. The Morgan fingerprint density at radius 2 is 1.67 bits per heavy atom. The number of hydrogen-bond acceptors (Lipinski definition) is 4. The number of nitrogens with zero attached hydrogens (tertiary/aromatic N) is 1. The lowest BCUT2D eigenvalue weighted by atomic mass is 10.2. The fourth-order valence-corrected chi connectivity index (χ4v) is 3.91. The standard InChI is InChI=1S/C18H20F2N2O4S/c1-3-22(4-2)27(24,25)14-11-9-13(10-12-14)17(23)21-15-7-5-6-8-16(15)26-18(19)20/h5-12,18H,3-4H2,1-2H3,(H,21,23). The van der Waals surface area contributed by atoms with Crippen molar-refractivity contribution in [3.63, 3.8) is 0 Å². The number of hydrogen-bond donors (Lipinski definition) is 1. The molecule has 0 saturated heterocycles. The van der Waals surface area contributed by atoms with E-state index in [0.717, 1.165) is 0 Å². The second-order valence-corrected chi connectivity index (χ2v) is 7.38. The van der Waals surface area contributed by atoms with Crippen LogP contribution in [0.15, 0.2) is 53.4 Å². The number of alkyl halides is 2. The van der Waals surface area contributed by atoms with E-state index in [1.54, 1.807) is 19.9 Å². The van der Waals surface area contributed by atoms with E-state index in [2.05, 4.69) is 10.1 Å². The van der Waals surface area contributed by atoms with E-state index in [9.17, 15) is 22.0 Å². The van der Waals surface area contributed by atoms with Crippen molar-refractivity contribution in [2.24, 2.45) is 0 Å². The highest BCUT2D eigenvalue weighted by Crippen LogP contribution is 2.26. The third kappa shape index (κ3) is 5.01. The largest absolute Gasteiger partial charge is 0.433 e. The molecule has 0 bridgehead atoms. The van der Waals surface area contributed by atoms with Crippen molar-refractivity contribution in [2.75, 3.05) is 18.4 Å². The van der Waals surface area contributed by atoms with Crippen LogP contribution in [-0.2, 0) is 10.0 Å². The van der Waals surface area contributed by atoms with Gasteiger partial charge < -0.3 is 10.1 Å². The zero-order valence-corrected chi connectivity index (χ0v) is 15.7. The molecule has 0 spiro atoms. The fraction of sp³-hybridized carbons (Fsp3) is 0.278. The van der Waals surface area contributed by atoms with Gasteiger partial charge in [-0.2, -0.15) is 13.1 Å². The second-order valence-electron chi connectivity index (χ2n) is 5.44. The Labute approximate surface area is 156 Å². The van der Waals surface area contributed by atoms with E-state index in [0.29, 0.717) is 13.1 Å². The number of rotatable bonds is 8. The number of amides is 1. The van der Waals surface area contributed by atoms with E-state index < -0.39 is 22.5 Å². The van der Waals surface area contributed by atoms with Crippen LogP contribution in [0.25, 0.3) is 0 Å². The molecular weight excluding hydrogens is 378 g/mol. The molecule has 9 heteroatoms. The van der Waals surface area contributed by atoms with Crippen molar-refractivity contribution in [3.8, 4) is 5.75 Å². The number of ether oxygens (including phenoxy) is 1. The van der Waals surface area contributed by atoms with Crippen molar-refractivity contribution in [2.45, 2.75) is 25.4 Å². The van der Waals surface area contributed by atoms with Crippen LogP contribution < -0.4 is 10.1 Å². The van der Waals surface area contributed by atoms with Crippen molar-refractivity contribution in [1.82, 2.24) is 4.31 Å². The second kappa shape index (κ2) is 8.92. The molecule has 0 aliphatic rings. The van der Waals surface area contributed by atoms with Crippen LogP contribution in [0.1, 0.15) is 24.2 Å². The SMILES string of the molecule is CCN(CC)S(=O)(=O)c1ccc(C(=O)Nc2ccccc2OC(F)F)cc1. The monoisotopic (exact) mass is 398 g/mol. The molecule has 2 rings (SSSR count). The minimum atomic E-state index is -3.62. The summed E-state index contributed by atoms with van der Waals surface area (Å²) in [4.78, 5) is 12.4. The molecule has 0 heterocycles. The molecule has 1 N–H and O–H groups in total. The smallest absolute Gasteiger partial charge is 0.387 e. The van der Waals surface area contributed by atoms with Crippen molar-refractivity contribution in [3.05, 3.63) is 54.1 Å². The molecule has 0 fully saturated rings. The molecule has 1 amide bonds. The highest BCUT2D eigenvalue weighted by atomic mass is 32.2. The van der Waals surface area contributed by atoms with Gasteiger partial charge in [-0.15, -0.1) is 0 Å². The van der Waals surface area contributed by atoms with Gasteiger partial charge in [-0.3, -0.25) is 4.79 Å². The first-order chi connectivity index (χ1) is 12.8. The number of carbonyl (C=O) groups is 1. The molecule has 146 valence electrons. The van der Waals surface area contributed by atoms with Crippen LogP contribution in [0, 0.1) is 0 Å². The quantitative estimate of drug-likeness (QED) is 0.738. The third-order valence-corrected chi connectivity index (χ3v) is 5.88. The predicted octanol–water partition coefficient (Wildman–Crippen LogP) is 3.57. The Balaban J connectivity index is 2.20. The Hall–Kier alpha value is -2.52. The number of sulfonamides is 1. The van der Waals surface area contributed by atoms with Gasteiger partial charge in [0.2, 0.25) is 10.0 Å². The van der Waals surface area contributed by atoms with Crippen LogP contribution in [0.2, 0.25) is 0 Å².